The molecular weight excluding hydrogens is 445 g/mol. The van der Waals surface area contributed by atoms with E-state index in [0.717, 1.165) is 11.1 Å². The number of aliphatic hydroxyl groups is 1. The normalized spacial score (nSPS) is 15.6. The summed E-state index contributed by atoms with van der Waals surface area (Å²) in [5.41, 5.74) is 2.09. The molecule has 8 heteroatoms. The van der Waals surface area contributed by atoms with Crippen molar-refractivity contribution in [3.8, 4) is 0 Å². The molecule has 0 saturated carbocycles. The minimum absolute atomic E-state index is 0.0541. The highest BCUT2D eigenvalue weighted by Gasteiger charge is 2.44. The SMILES string of the molecule is CCOP(=O)([C@H](Cc1ccccc1)NS(=O)(=O)c1ccc(C)cc1)[C@@H](O)c1ccccc1. The summed E-state index contributed by atoms with van der Waals surface area (Å²) >= 11 is 0. The van der Waals surface area contributed by atoms with Crippen LogP contribution in [0.3, 0.4) is 0 Å². The number of aliphatic hydroxyl groups excluding tert-OH is 1. The molecule has 3 aromatic carbocycles. The van der Waals surface area contributed by atoms with Crippen molar-refractivity contribution in [2.45, 2.75) is 36.8 Å². The largest absolute Gasteiger partial charge is 0.378 e. The Morgan fingerprint density at radius 2 is 1.50 bits per heavy atom. The molecule has 3 rings (SSSR count). The zero-order valence-electron chi connectivity index (χ0n) is 18.1. The van der Waals surface area contributed by atoms with Crippen molar-refractivity contribution in [1.82, 2.24) is 4.72 Å². The first-order valence-corrected chi connectivity index (χ1v) is 13.6. The molecule has 0 radical (unpaired) electrons. The van der Waals surface area contributed by atoms with Crippen molar-refractivity contribution in [3.63, 3.8) is 0 Å². The Morgan fingerprint density at radius 3 is 2.06 bits per heavy atom. The first kappa shape index (κ1) is 24.4. The lowest BCUT2D eigenvalue weighted by molar-refractivity contribution is 0.208. The molecule has 0 bridgehead atoms. The minimum atomic E-state index is -4.03. The van der Waals surface area contributed by atoms with Crippen molar-refractivity contribution >= 4 is 17.4 Å². The number of nitrogens with one attached hydrogen (secondary N) is 1. The first-order chi connectivity index (χ1) is 15.3. The summed E-state index contributed by atoms with van der Waals surface area (Å²) in [5, 5.41) is 11.1. The van der Waals surface area contributed by atoms with E-state index < -0.39 is 29.0 Å². The monoisotopic (exact) mass is 473 g/mol. The van der Waals surface area contributed by atoms with E-state index in [2.05, 4.69) is 4.72 Å². The third-order valence-electron chi connectivity index (χ3n) is 5.10. The zero-order chi connectivity index (χ0) is 23.2. The lowest BCUT2D eigenvalue weighted by Gasteiger charge is -2.31. The van der Waals surface area contributed by atoms with E-state index >= 15 is 0 Å². The highest BCUT2D eigenvalue weighted by atomic mass is 32.2. The van der Waals surface area contributed by atoms with Gasteiger partial charge in [-0.15, -0.1) is 0 Å². The Labute approximate surface area is 189 Å². The molecule has 0 amide bonds. The number of hydrogen-bond acceptors (Lipinski definition) is 5. The molecule has 0 aromatic heterocycles. The van der Waals surface area contributed by atoms with Gasteiger partial charge in [-0.2, -0.15) is 4.72 Å². The van der Waals surface area contributed by atoms with Gasteiger partial charge in [0.05, 0.1) is 11.5 Å². The van der Waals surface area contributed by atoms with E-state index in [9.17, 15) is 18.1 Å². The number of hydrogen-bond donors (Lipinski definition) is 2. The van der Waals surface area contributed by atoms with Gasteiger partial charge in [-0.3, -0.25) is 4.57 Å². The quantitative estimate of drug-likeness (QED) is 0.411. The molecule has 32 heavy (non-hydrogen) atoms. The maximum Gasteiger partial charge on any atom is 0.252 e. The average Bonchev–Trinajstić information content (AvgIpc) is 2.79. The summed E-state index contributed by atoms with van der Waals surface area (Å²) in [4.78, 5) is 0.0541. The van der Waals surface area contributed by atoms with E-state index in [-0.39, 0.29) is 17.9 Å². The molecule has 2 N–H and O–H groups in total. The molecule has 0 fully saturated rings. The van der Waals surface area contributed by atoms with Crippen LogP contribution in [0, 0.1) is 6.92 Å². The van der Waals surface area contributed by atoms with Crippen molar-refractivity contribution in [2.24, 2.45) is 0 Å². The summed E-state index contributed by atoms with van der Waals surface area (Å²) in [6.07, 6.45) is 0.0904. The van der Waals surface area contributed by atoms with Crippen LogP contribution in [0.1, 0.15) is 29.5 Å². The molecule has 3 aromatic rings. The summed E-state index contributed by atoms with van der Waals surface area (Å²) in [5.74, 6) is -2.66. The van der Waals surface area contributed by atoms with Crippen LogP contribution in [-0.2, 0) is 25.5 Å². The summed E-state index contributed by atoms with van der Waals surface area (Å²) in [6, 6.07) is 24.0. The fourth-order valence-electron chi connectivity index (χ4n) is 3.41. The zero-order valence-corrected chi connectivity index (χ0v) is 19.8. The Kier molecular flexibility index (Phi) is 8.04. The van der Waals surface area contributed by atoms with Crippen LogP contribution >= 0.6 is 7.37 Å². The second-order valence-electron chi connectivity index (χ2n) is 7.49. The van der Waals surface area contributed by atoms with E-state index in [1.807, 2.05) is 37.3 Å². The van der Waals surface area contributed by atoms with Gasteiger partial charge in [-0.05, 0) is 43.5 Å². The fourth-order valence-corrected chi connectivity index (χ4v) is 7.60. The van der Waals surface area contributed by atoms with Gasteiger partial charge >= 0.3 is 0 Å². The van der Waals surface area contributed by atoms with Gasteiger partial charge in [0.25, 0.3) is 7.37 Å². The maximum atomic E-state index is 14.2. The molecule has 0 aliphatic carbocycles. The maximum absolute atomic E-state index is 14.2. The fraction of sp³-hybridized carbons (Fsp3) is 0.250. The molecule has 0 saturated heterocycles. The lowest BCUT2D eigenvalue weighted by atomic mass is 10.1. The Bertz CT molecular complexity index is 1150. The second kappa shape index (κ2) is 10.6. The molecule has 0 aliphatic rings. The van der Waals surface area contributed by atoms with Crippen molar-refractivity contribution in [3.05, 3.63) is 102 Å². The molecule has 0 aliphatic heterocycles. The van der Waals surface area contributed by atoms with Crippen molar-refractivity contribution in [1.29, 1.82) is 0 Å². The van der Waals surface area contributed by atoms with E-state index in [4.69, 9.17) is 4.52 Å². The van der Waals surface area contributed by atoms with Gasteiger partial charge < -0.3 is 9.63 Å². The molecule has 0 heterocycles. The summed E-state index contributed by atoms with van der Waals surface area (Å²) in [6.45, 7) is 3.58. The van der Waals surface area contributed by atoms with Crippen LogP contribution in [0.2, 0.25) is 0 Å². The van der Waals surface area contributed by atoms with Gasteiger partial charge in [-0.1, -0.05) is 78.4 Å². The second-order valence-corrected chi connectivity index (χ2v) is 11.9. The van der Waals surface area contributed by atoms with Crippen LogP contribution in [-0.4, -0.2) is 25.9 Å². The van der Waals surface area contributed by atoms with E-state index in [1.54, 1.807) is 49.4 Å². The standard InChI is InChI=1S/C24H28NO5PS/c1-3-30-31(27,24(26)21-12-8-5-9-13-21)23(18-20-10-6-4-7-11-20)25-32(28,29)22-16-14-19(2)15-17-22/h4-17,23-26H,3,18H2,1-2H3/t23-,24-,31?/m1/s1. The third-order valence-corrected chi connectivity index (χ3v) is 9.58. The number of benzene rings is 3. The highest BCUT2D eigenvalue weighted by molar-refractivity contribution is 7.90. The molecular formula is C24H28NO5PS. The number of aryl methyl sites for hydroxylation is 1. The van der Waals surface area contributed by atoms with E-state index in [0.29, 0.717) is 5.56 Å². The van der Waals surface area contributed by atoms with Crippen LogP contribution in [0.15, 0.2) is 89.8 Å². The topological polar surface area (TPSA) is 92.7 Å². The summed E-state index contributed by atoms with van der Waals surface area (Å²) in [7, 11) is -8.00. The average molecular weight is 474 g/mol. The first-order valence-electron chi connectivity index (χ1n) is 10.4. The van der Waals surface area contributed by atoms with Crippen molar-refractivity contribution in [2.75, 3.05) is 6.61 Å². The predicted molar refractivity (Wildman–Crippen MR) is 126 cm³/mol. The van der Waals surface area contributed by atoms with Crippen LogP contribution < -0.4 is 4.72 Å². The lowest BCUT2D eigenvalue weighted by Crippen LogP contribution is -2.38. The molecule has 3 atom stereocenters. The van der Waals surface area contributed by atoms with Crippen LogP contribution in [0.25, 0.3) is 0 Å². The molecule has 170 valence electrons. The van der Waals surface area contributed by atoms with Gasteiger partial charge in [0.2, 0.25) is 10.0 Å². The van der Waals surface area contributed by atoms with Gasteiger partial charge in [0, 0.05) is 0 Å². The van der Waals surface area contributed by atoms with Crippen molar-refractivity contribution < 1.29 is 22.6 Å². The van der Waals surface area contributed by atoms with Gasteiger partial charge in [0.1, 0.15) is 5.78 Å². The third kappa shape index (κ3) is 5.74. The Balaban J connectivity index is 2.05. The van der Waals surface area contributed by atoms with Crippen LogP contribution in [0.4, 0.5) is 0 Å². The number of rotatable bonds is 10. The highest BCUT2D eigenvalue weighted by Crippen LogP contribution is 2.62. The molecule has 0 spiro atoms. The van der Waals surface area contributed by atoms with Gasteiger partial charge in [0.15, 0.2) is 5.85 Å². The predicted octanol–water partition coefficient (Wildman–Crippen LogP) is 4.85. The molecule has 1 unspecified atom stereocenters. The Hall–Kier alpha value is -2.28. The summed E-state index contributed by atoms with van der Waals surface area (Å²) < 4.78 is 48.8. The van der Waals surface area contributed by atoms with Gasteiger partial charge in [-0.25, -0.2) is 8.42 Å². The smallest absolute Gasteiger partial charge is 0.252 e. The Morgan fingerprint density at radius 1 is 0.938 bits per heavy atom. The van der Waals surface area contributed by atoms with E-state index in [1.165, 1.54) is 12.1 Å². The molecule has 6 nitrogen and oxygen atoms in total. The minimum Gasteiger partial charge on any atom is -0.378 e. The number of sulfonamides is 1. The van der Waals surface area contributed by atoms with Crippen LogP contribution in [0.5, 0.6) is 0 Å².